The van der Waals surface area contributed by atoms with E-state index in [0.29, 0.717) is 0 Å². The third-order valence-corrected chi connectivity index (χ3v) is 3.21. The Morgan fingerprint density at radius 3 is 2.75 bits per heavy atom. The Morgan fingerprint density at radius 1 is 1.40 bits per heavy atom. The second kappa shape index (κ2) is 6.52. The minimum atomic E-state index is -0.339. The highest BCUT2D eigenvalue weighted by Gasteiger charge is 2.15. The van der Waals surface area contributed by atoms with E-state index in [4.69, 9.17) is 4.74 Å². The summed E-state index contributed by atoms with van der Waals surface area (Å²) in [4.78, 5) is 0. The Morgan fingerprint density at radius 2 is 2.20 bits per heavy atom. The largest absolute Gasteiger partial charge is 0.494 e. The number of rotatable bonds is 6. The summed E-state index contributed by atoms with van der Waals surface area (Å²) in [5.74, 6) is -0.0734. The van der Waals surface area contributed by atoms with Gasteiger partial charge >= 0.3 is 0 Å². The summed E-state index contributed by atoms with van der Waals surface area (Å²) in [7, 11) is 3.35. The van der Waals surface area contributed by atoms with E-state index in [9.17, 15) is 4.39 Å². The predicted octanol–water partition coefficient (Wildman–Crippen LogP) is 2.46. The van der Waals surface area contributed by atoms with Crippen LogP contribution in [0, 0.1) is 5.82 Å². The van der Waals surface area contributed by atoms with E-state index in [0.717, 1.165) is 24.2 Å². The Bertz CT molecular complexity index is 568. The van der Waals surface area contributed by atoms with Crippen LogP contribution in [0.1, 0.15) is 24.2 Å². The molecular weight excluding hydrogens is 257 g/mol. The number of hydrogen-bond acceptors (Lipinski definition) is 3. The van der Waals surface area contributed by atoms with Gasteiger partial charge in [0.2, 0.25) is 0 Å². The topological polar surface area (TPSA) is 39.1 Å². The molecule has 1 heterocycles. The molecule has 1 aromatic carbocycles. The van der Waals surface area contributed by atoms with Crippen molar-refractivity contribution >= 4 is 0 Å². The maximum Gasteiger partial charge on any atom is 0.165 e. The summed E-state index contributed by atoms with van der Waals surface area (Å²) in [5, 5.41) is 7.74. The van der Waals surface area contributed by atoms with Crippen LogP contribution in [0.15, 0.2) is 30.5 Å². The number of aryl methyl sites for hydroxylation is 1. The van der Waals surface area contributed by atoms with Crippen LogP contribution in [0.25, 0.3) is 0 Å². The molecule has 1 aromatic heterocycles. The van der Waals surface area contributed by atoms with E-state index in [-0.39, 0.29) is 17.6 Å². The van der Waals surface area contributed by atoms with Gasteiger partial charge in [-0.1, -0.05) is 13.0 Å². The Balaban J connectivity index is 2.21. The van der Waals surface area contributed by atoms with Crippen molar-refractivity contribution in [2.75, 3.05) is 13.7 Å². The molecule has 2 rings (SSSR count). The Hall–Kier alpha value is -1.88. The second-order valence-corrected chi connectivity index (χ2v) is 4.69. The molecule has 4 nitrogen and oxygen atoms in total. The number of benzene rings is 1. The molecule has 0 saturated heterocycles. The molecule has 0 radical (unpaired) electrons. The number of halogens is 1. The van der Waals surface area contributed by atoms with Crippen molar-refractivity contribution < 1.29 is 9.13 Å². The molecule has 0 aliphatic heterocycles. The normalized spacial score (nSPS) is 12.4. The molecule has 0 amide bonds. The van der Waals surface area contributed by atoms with Gasteiger partial charge in [-0.3, -0.25) is 4.68 Å². The summed E-state index contributed by atoms with van der Waals surface area (Å²) in [5.41, 5.74) is 1.88. The fraction of sp³-hybridized carbons (Fsp3) is 0.400. The molecule has 0 aliphatic carbocycles. The first-order valence-corrected chi connectivity index (χ1v) is 6.69. The fourth-order valence-electron chi connectivity index (χ4n) is 2.23. The minimum absolute atomic E-state index is 0.0373. The van der Waals surface area contributed by atoms with Crippen LogP contribution in [0.5, 0.6) is 5.75 Å². The van der Waals surface area contributed by atoms with Gasteiger partial charge in [0, 0.05) is 25.7 Å². The van der Waals surface area contributed by atoms with Crippen LogP contribution in [0.4, 0.5) is 4.39 Å². The van der Waals surface area contributed by atoms with Crippen LogP contribution in [0.3, 0.4) is 0 Å². The van der Waals surface area contributed by atoms with Crippen molar-refractivity contribution in [3.05, 3.63) is 47.5 Å². The Labute approximate surface area is 118 Å². The van der Waals surface area contributed by atoms with Crippen molar-refractivity contribution in [3.8, 4) is 5.75 Å². The lowest BCUT2D eigenvalue weighted by Gasteiger charge is -2.18. The van der Waals surface area contributed by atoms with Gasteiger partial charge in [-0.25, -0.2) is 4.39 Å². The number of aromatic nitrogens is 2. The SMILES string of the molecule is CCNC(Cc1ccn(C)n1)c1ccc(OC)c(F)c1. The quantitative estimate of drug-likeness (QED) is 0.881. The average molecular weight is 277 g/mol. The summed E-state index contributed by atoms with van der Waals surface area (Å²) in [6, 6.07) is 7.08. The van der Waals surface area contributed by atoms with Gasteiger partial charge in [-0.2, -0.15) is 5.10 Å². The zero-order chi connectivity index (χ0) is 14.5. The van der Waals surface area contributed by atoms with Gasteiger partial charge in [-0.15, -0.1) is 0 Å². The van der Waals surface area contributed by atoms with Gasteiger partial charge in [0.05, 0.1) is 12.8 Å². The molecule has 0 aliphatic rings. The number of methoxy groups -OCH3 is 1. The summed E-state index contributed by atoms with van der Waals surface area (Å²) in [6.07, 6.45) is 2.63. The maximum atomic E-state index is 13.8. The van der Waals surface area contributed by atoms with Gasteiger partial charge < -0.3 is 10.1 Å². The minimum Gasteiger partial charge on any atom is -0.494 e. The lowest BCUT2D eigenvalue weighted by atomic mass is 10.0. The summed E-state index contributed by atoms with van der Waals surface area (Å²) >= 11 is 0. The first-order valence-electron chi connectivity index (χ1n) is 6.69. The van der Waals surface area contributed by atoms with Crippen LogP contribution in [-0.2, 0) is 13.5 Å². The lowest BCUT2D eigenvalue weighted by molar-refractivity contribution is 0.385. The number of nitrogens with one attached hydrogen (secondary N) is 1. The van der Waals surface area contributed by atoms with Crippen LogP contribution >= 0.6 is 0 Å². The van der Waals surface area contributed by atoms with E-state index in [1.807, 2.05) is 32.3 Å². The molecule has 0 saturated carbocycles. The number of nitrogens with zero attached hydrogens (tertiary/aromatic N) is 2. The first kappa shape index (κ1) is 14.5. The van der Waals surface area contributed by atoms with Crippen molar-refractivity contribution in [1.82, 2.24) is 15.1 Å². The van der Waals surface area contributed by atoms with Crippen LogP contribution < -0.4 is 10.1 Å². The first-order chi connectivity index (χ1) is 9.63. The van der Waals surface area contributed by atoms with E-state index in [1.54, 1.807) is 10.7 Å². The lowest BCUT2D eigenvalue weighted by Crippen LogP contribution is -2.23. The highest BCUT2D eigenvalue weighted by atomic mass is 19.1. The number of hydrogen-bond donors (Lipinski definition) is 1. The predicted molar refractivity (Wildman–Crippen MR) is 76.3 cm³/mol. The molecule has 0 spiro atoms. The fourth-order valence-corrected chi connectivity index (χ4v) is 2.23. The third-order valence-electron chi connectivity index (χ3n) is 3.21. The number of likely N-dealkylation sites (N-methyl/N-ethyl adjacent to an activating group) is 1. The average Bonchev–Trinajstić information content (AvgIpc) is 2.83. The van der Waals surface area contributed by atoms with Crippen molar-refractivity contribution in [2.45, 2.75) is 19.4 Å². The molecule has 1 atom stereocenters. The molecule has 20 heavy (non-hydrogen) atoms. The van der Waals surface area contributed by atoms with Gasteiger partial charge in [0.25, 0.3) is 0 Å². The molecule has 0 bridgehead atoms. The van der Waals surface area contributed by atoms with Crippen molar-refractivity contribution in [1.29, 1.82) is 0 Å². The molecule has 1 unspecified atom stereocenters. The van der Waals surface area contributed by atoms with E-state index in [1.165, 1.54) is 13.2 Å². The van der Waals surface area contributed by atoms with Gasteiger partial charge in [-0.05, 0) is 30.3 Å². The van der Waals surface area contributed by atoms with E-state index < -0.39 is 0 Å². The Kier molecular flexibility index (Phi) is 4.74. The van der Waals surface area contributed by atoms with Gasteiger partial charge in [0.15, 0.2) is 11.6 Å². The molecule has 0 fully saturated rings. The molecular formula is C15H20FN3O. The number of ether oxygens (including phenoxy) is 1. The standard InChI is InChI=1S/C15H20FN3O/c1-4-17-14(10-12-7-8-19(2)18-12)11-5-6-15(20-3)13(16)9-11/h5-9,14,17H,4,10H2,1-3H3. The van der Waals surface area contributed by atoms with Gasteiger partial charge in [0.1, 0.15) is 0 Å². The van der Waals surface area contributed by atoms with E-state index >= 15 is 0 Å². The van der Waals surface area contributed by atoms with Crippen molar-refractivity contribution in [2.24, 2.45) is 7.05 Å². The van der Waals surface area contributed by atoms with Crippen LogP contribution in [0.2, 0.25) is 0 Å². The second-order valence-electron chi connectivity index (χ2n) is 4.69. The monoisotopic (exact) mass is 277 g/mol. The maximum absolute atomic E-state index is 13.8. The van der Waals surface area contributed by atoms with E-state index in [2.05, 4.69) is 10.4 Å². The molecule has 5 heteroatoms. The molecule has 2 aromatic rings. The summed E-state index contributed by atoms with van der Waals surface area (Å²) < 4.78 is 20.5. The zero-order valence-corrected chi connectivity index (χ0v) is 12.1. The van der Waals surface area contributed by atoms with Crippen molar-refractivity contribution in [3.63, 3.8) is 0 Å². The third kappa shape index (κ3) is 3.36. The molecule has 108 valence electrons. The summed E-state index contributed by atoms with van der Waals surface area (Å²) in [6.45, 7) is 2.84. The molecule has 1 N–H and O–H groups in total. The highest BCUT2D eigenvalue weighted by Crippen LogP contribution is 2.23. The zero-order valence-electron chi connectivity index (χ0n) is 12.1. The highest BCUT2D eigenvalue weighted by molar-refractivity contribution is 5.31. The van der Waals surface area contributed by atoms with Crippen LogP contribution in [-0.4, -0.2) is 23.4 Å². The smallest absolute Gasteiger partial charge is 0.165 e.